The van der Waals surface area contributed by atoms with Crippen LogP contribution in [0.4, 0.5) is 8.78 Å². The van der Waals surface area contributed by atoms with Gasteiger partial charge in [0.25, 0.3) is 0 Å². The SMILES string of the molecule is COc1cc(F)c(-c2ccnc(Cl)n2)cc1F. The summed E-state index contributed by atoms with van der Waals surface area (Å²) < 4.78 is 31.8. The maximum absolute atomic E-state index is 13.7. The second-order valence-corrected chi connectivity index (χ2v) is 3.52. The second kappa shape index (κ2) is 4.63. The average Bonchev–Trinajstić information content (AvgIpc) is 2.31. The topological polar surface area (TPSA) is 35.0 Å². The van der Waals surface area contributed by atoms with E-state index >= 15 is 0 Å². The average molecular weight is 257 g/mol. The van der Waals surface area contributed by atoms with E-state index in [4.69, 9.17) is 11.6 Å². The molecule has 0 spiro atoms. The molecule has 0 bridgehead atoms. The largest absolute Gasteiger partial charge is 0.494 e. The summed E-state index contributed by atoms with van der Waals surface area (Å²) in [6, 6.07) is 3.41. The number of ether oxygens (including phenoxy) is 1. The van der Waals surface area contributed by atoms with E-state index in [1.165, 1.54) is 19.4 Å². The van der Waals surface area contributed by atoms with E-state index in [1.807, 2.05) is 0 Å². The van der Waals surface area contributed by atoms with Crippen molar-refractivity contribution in [1.29, 1.82) is 0 Å². The molecule has 0 radical (unpaired) electrons. The summed E-state index contributed by atoms with van der Waals surface area (Å²) >= 11 is 5.58. The van der Waals surface area contributed by atoms with Crippen LogP contribution in [0.15, 0.2) is 24.4 Å². The lowest BCUT2D eigenvalue weighted by atomic mass is 10.1. The van der Waals surface area contributed by atoms with Crippen molar-refractivity contribution in [2.24, 2.45) is 0 Å². The number of methoxy groups -OCH3 is 1. The number of aromatic nitrogens is 2. The van der Waals surface area contributed by atoms with Crippen molar-refractivity contribution in [2.45, 2.75) is 0 Å². The van der Waals surface area contributed by atoms with Gasteiger partial charge in [0.05, 0.1) is 12.8 Å². The van der Waals surface area contributed by atoms with Gasteiger partial charge in [0.2, 0.25) is 5.28 Å². The Morgan fingerprint density at radius 1 is 1.24 bits per heavy atom. The number of nitrogens with zero attached hydrogens (tertiary/aromatic N) is 2. The summed E-state index contributed by atoms with van der Waals surface area (Å²) in [6.07, 6.45) is 1.37. The van der Waals surface area contributed by atoms with E-state index in [0.29, 0.717) is 0 Å². The van der Waals surface area contributed by atoms with Crippen molar-refractivity contribution in [1.82, 2.24) is 9.97 Å². The smallest absolute Gasteiger partial charge is 0.222 e. The molecule has 88 valence electrons. The summed E-state index contributed by atoms with van der Waals surface area (Å²) in [4.78, 5) is 7.47. The minimum Gasteiger partial charge on any atom is -0.494 e. The van der Waals surface area contributed by atoms with E-state index in [1.54, 1.807) is 0 Å². The Bertz CT molecular complexity index is 563. The Kier molecular flexibility index (Phi) is 3.19. The van der Waals surface area contributed by atoms with Gasteiger partial charge in [-0.1, -0.05) is 0 Å². The Morgan fingerprint density at radius 2 is 2.00 bits per heavy atom. The molecular formula is C11H7ClF2N2O. The van der Waals surface area contributed by atoms with E-state index in [-0.39, 0.29) is 22.3 Å². The molecule has 0 unspecified atom stereocenters. The lowest BCUT2D eigenvalue weighted by molar-refractivity contribution is 0.383. The number of rotatable bonds is 2. The van der Waals surface area contributed by atoms with Crippen LogP contribution >= 0.6 is 11.6 Å². The van der Waals surface area contributed by atoms with Gasteiger partial charge in [0, 0.05) is 17.8 Å². The molecule has 1 aromatic heterocycles. The molecule has 0 amide bonds. The molecule has 2 rings (SSSR count). The minimum atomic E-state index is -0.668. The molecule has 1 heterocycles. The van der Waals surface area contributed by atoms with Gasteiger partial charge >= 0.3 is 0 Å². The predicted molar refractivity (Wildman–Crippen MR) is 58.9 cm³/mol. The summed E-state index contributed by atoms with van der Waals surface area (Å²) in [5.74, 6) is -1.47. The van der Waals surface area contributed by atoms with Crippen molar-refractivity contribution >= 4 is 11.6 Å². The Morgan fingerprint density at radius 3 is 2.65 bits per heavy atom. The fourth-order valence-corrected chi connectivity index (χ4v) is 1.51. The van der Waals surface area contributed by atoms with Crippen LogP contribution in [0.5, 0.6) is 5.75 Å². The van der Waals surface area contributed by atoms with Crippen molar-refractivity contribution in [3.8, 4) is 17.0 Å². The minimum absolute atomic E-state index is 0.00704. The van der Waals surface area contributed by atoms with E-state index in [9.17, 15) is 8.78 Å². The number of hydrogen-bond acceptors (Lipinski definition) is 3. The first-order valence-corrected chi connectivity index (χ1v) is 5.01. The molecule has 0 saturated carbocycles. The van der Waals surface area contributed by atoms with Gasteiger partial charge in [-0.15, -0.1) is 0 Å². The maximum Gasteiger partial charge on any atom is 0.222 e. The van der Waals surface area contributed by atoms with Gasteiger partial charge in [0.1, 0.15) is 5.82 Å². The van der Waals surface area contributed by atoms with Crippen LogP contribution < -0.4 is 4.74 Å². The third-order valence-corrected chi connectivity index (χ3v) is 2.33. The number of hydrogen-bond donors (Lipinski definition) is 0. The van der Waals surface area contributed by atoms with Crippen LogP contribution in [0, 0.1) is 11.6 Å². The molecule has 0 aliphatic carbocycles. The molecule has 0 fully saturated rings. The molecule has 3 nitrogen and oxygen atoms in total. The van der Waals surface area contributed by atoms with Crippen LogP contribution in [-0.4, -0.2) is 17.1 Å². The normalized spacial score (nSPS) is 10.4. The maximum atomic E-state index is 13.7. The zero-order chi connectivity index (χ0) is 12.4. The van der Waals surface area contributed by atoms with Crippen molar-refractivity contribution in [3.63, 3.8) is 0 Å². The first-order valence-electron chi connectivity index (χ1n) is 4.64. The third-order valence-electron chi connectivity index (χ3n) is 2.14. The van der Waals surface area contributed by atoms with Crippen molar-refractivity contribution in [3.05, 3.63) is 41.3 Å². The molecule has 1 aromatic carbocycles. The summed E-state index contributed by atoms with van der Waals surface area (Å²) in [6.45, 7) is 0. The van der Waals surface area contributed by atoms with Gasteiger partial charge in [-0.05, 0) is 23.7 Å². The predicted octanol–water partition coefficient (Wildman–Crippen LogP) is 3.08. The highest BCUT2D eigenvalue weighted by atomic mass is 35.5. The second-order valence-electron chi connectivity index (χ2n) is 3.18. The summed E-state index contributed by atoms with van der Waals surface area (Å²) in [7, 11) is 1.26. The van der Waals surface area contributed by atoms with Gasteiger partial charge in [-0.25, -0.2) is 18.7 Å². The van der Waals surface area contributed by atoms with Crippen LogP contribution in [0.25, 0.3) is 11.3 Å². The summed E-state index contributed by atoms with van der Waals surface area (Å²) in [5.41, 5.74) is 0.219. The fourth-order valence-electron chi connectivity index (χ4n) is 1.37. The zero-order valence-electron chi connectivity index (χ0n) is 8.75. The zero-order valence-corrected chi connectivity index (χ0v) is 9.50. The van der Waals surface area contributed by atoms with Crippen molar-refractivity contribution < 1.29 is 13.5 Å². The van der Waals surface area contributed by atoms with Crippen LogP contribution in [0.3, 0.4) is 0 Å². The lowest BCUT2D eigenvalue weighted by Gasteiger charge is -2.06. The molecule has 6 heteroatoms. The van der Waals surface area contributed by atoms with E-state index in [0.717, 1.165) is 12.1 Å². The quantitative estimate of drug-likeness (QED) is 0.775. The molecular weight excluding hydrogens is 250 g/mol. The monoisotopic (exact) mass is 256 g/mol. The van der Waals surface area contributed by atoms with E-state index in [2.05, 4.69) is 14.7 Å². The highest BCUT2D eigenvalue weighted by Gasteiger charge is 2.13. The van der Waals surface area contributed by atoms with Crippen molar-refractivity contribution in [2.75, 3.05) is 7.11 Å². The van der Waals surface area contributed by atoms with Crippen LogP contribution in [-0.2, 0) is 0 Å². The van der Waals surface area contributed by atoms with Gasteiger partial charge < -0.3 is 4.74 Å². The summed E-state index contributed by atoms with van der Waals surface area (Å²) in [5, 5.41) is -0.0295. The standard InChI is InChI=1S/C11H7ClF2N2O/c1-17-10-5-7(13)6(4-8(10)14)9-2-3-15-11(12)16-9/h2-5H,1H3. The Balaban J connectivity index is 2.56. The first kappa shape index (κ1) is 11.7. The van der Waals surface area contributed by atoms with Gasteiger partial charge in [-0.2, -0.15) is 0 Å². The van der Waals surface area contributed by atoms with Crippen LogP contribution in [0.1, 0.15) is 0 Å². The first-order chi connectivity index (χ1) is 8.11. The molecule has 0 aliphatic rings. The fraction of sp³-hybridized carbons (Fsp3) is 0.0909. The Hall–Kier alpha value is -1.75. The Labute approximate surface area is 101 Å². The molecule has 17 heavy (non-hydrogen) atoms. The van der Waals surface area contributed by atoms with E-state index < -0.39 is 11.6 Å². The third kappa shape index (κ3) is 2.34. The molecule has 2 aromatic rings. The molecule has 0 N–H and O–H groups in total. The van der Waals surface area contributed by atoms with Gasteiger partial charge in [-0.3, -0.25) is 0 Å². The number of halogens is 3. The number of benzene rings is 1. The lowest BCUT2D eigenvalue weighted by Crippen LogP contribution is -1.95. The van der Waals surface area contributed by atoms with Gasteiger partial charge in [0.15, 0.2) is 11.6 Å². The molecule has 0 saturated heterocycles. The highest BCUT2D eigenvalue weighted by molar-refractivity contribution is 6.28. The van der Waals surface area contributed by atoms with Crippen LogP contribution in [0.2, 0.25) is 5.28 Å². The highest BCUT2D eigenvalue weighted by Crippen LogP contribution is 2.27. The molecule has 0 aliphatic heterocycles. The molecule has 0 atom stereocenters.